The minimum atomic E-state index is -0.0901. The summed E-state index contributed by atoms with van der Waals surface area (Å²) in [6.45, 7) is 3.92. The number of hydrogen-bond acceptors (Lipinski definition) is 3. The summed E-state index contributed by atoms with van der Waals surface area (Å²) in [5.74, 6) is 1.10. The van der Waals surface area contributed by atoms with E-state index in [1.165, 1.54) is 12.8 Å². The maximum atomic E-state index is 9.46. The van der Waals surface area contributed by atoms with Crippen LogP contribution in [0.15, 0.2) is 0 Å². The predicted octanol–water partition coefficient (Wildman–Crippen LogP) is 2.33. The zero-order valence-corrected chi connectivity index (χ0v) is 10.2. The Kier molecular flexibility index (Phi) is 4.62. The highest BCUT2D eigenvalue weighted by Crippen LogP contribution is 2.31. The van der Waals surface area contributed by atoms with Crippen LogP contribution in [-0.2, 0) is 9.47 Å². The molecule has 3 nitrogen and oxygen atoms in total. The van der Waals surface area contributed by atoms with E-state index in [1.807, 2.05) is 0 Å². The van der Waals surface area contributed by atoms with Gasteiger partial charge in [-0.25, -0.2) is 0 Å². The normalized spacial score (nSPS) is 40.9. The summed E-state index contributed by atoms with van der Waals surface area (Å²) in [7, 11) is 0. The Labute approximate surface area is 98.1 Å². The molecule has 0 aromatic carbocycles. The van der Waals surface area contributed by atoms with E-state index in [9.17, 15) is 5.11 Å². The van der Waals surface area contributed by atoms with Crippen molar-refractivity contribution in [3.8, 4) is 0 Å². The Morgan fingerprint density at radius 2 is 1.69 bits per heavy atom. The molecule has 0 radical (unpaired) electrons. The first kappa shape index (κ1) is 12.3. The van der Waals surface area contributed by atoms with Crippen LogP contribution in [0.5, 0.6) is 0 Å². The fraction of sp³-hybridized carbons (Fsp3) is 1.00. The van der Waals surface area contributed by atoms with Crippen molar-refractivity contribution in [3.05, 3.63) is 0 Å². The monoisotopic (exact) mass is 228 g/mol. The lowest BCUT2D eigenvalue weighted by Gasteiger charge is -2.36. The SMILES string of the molecule is CCCC1COC(C2CCC(O)CC2)OC1. The molecule has 0 atom stereocenters. The molecule has 16 heavy (non-hydrogen) atoms. The molecule has 0 aromatic heterocycles. The van der Waals surface area contributed by atoms with Crippen LogP contribution in [0.3, 0.4) is 0 Å². The number of aliphatic hydroxyl groups excluding tert-OH is 1. The first-order valence-corrected chi connectivity index (χ1v) is 6.71. The van der Waals surface area contributed by atoms with Crippen LogP contribution in [0.4, 0.5) is 0 Å². The van der Waals surface area contributed by atoms with Crippen LogP contribution in [0.25, 0.3) is 0 Å². The summed E-state index contributed by atoms with van der Waals surface area (Å²) in [5.41, 5.74) is 0. The number of ether oxygens (including phenoxy) is 2. The van der Waals surface area contributed by atoms with Gasteiger partial charge in [0.05, 0.1) is 19.3 Å². The topological polar surface area (TPSA) is 38.7 Å². The van der Waals surface area contributed by atoms with Gasteiger partial charge in [0, 0.05) is 11.8 Å². The predicted molar refractivity (Wildman–Crippen MR) is 62.1 cm³/mol. The van der Waals surface area contributed by atoms with Gasteiger partial charge >= 0.3 is 0 Å². The molecule has 0 bridgehead atoms. The van der Waals surface area contributed by atoms with Gasteiger partial charge in [-0.1, -0.05) is 13.3 Å². The van der Waals surface area contributed by atoms with Gasteiger partial charge in [0.15, 0.2) is 6.29 Å². The molecule has 0 amide bonds. The summed E-state index contributed by atoms with van der Waals surface area (Å²) in [4.78, 5) is 0. The highest BCUT2D eigenvalue weighted by atomic mass is 16.7. The smallest absolute Gasteiger partial charge is 0.160 e. The second-order valence-electron chi connectivity index (χ2n) is 5.26. The molecule has 1 aliphatic carbocycles. The average molecular weight is 228 g/mol. The second kappa shape index (κ2) is 5.99. The first-order chi connectivity index (χ1) is 7.79. The van der Waals surface area contributed by atoms with Crippen LogP contribution < -0.4 is 0 Å². The standard InChI is InChI=1S/C13H24O3/c1-2-3-10-8-15-13(16-9-10)11-4-6-12(14)7-5-11/h10-14H,2-9H2,1H3. The third-order valence-corrected chi connectivity index (χ3v) is 3.82. The van der Waals surface area contributed by atoms with Crippen LogP contribution in [0, 0.1) is 11.8 Å². The third kappa shape index (κ3) is 3.19. The van der Waals surface area contributed by atoms with E-state index < -0.39 is 0 Å². The largest absolute Gasteiger partial charge is 0.393 e. The molecule has 2 rings (SSSR count). The van der Waals surface area contributed by atoms with E-state index in [0.717, 1.165) is 38.9 Å². The maximum Gasteiger partial charge on any atom is 0.160 e. The molecular formula is C13H24O3. The molecule has 1 aliphatic heterocycles. The van der Waals surface area contributed by atoms with Gasteiger partial charge in [0.1, 0.15) is 0 Å². The molecular weight excluding hydrogens is 204 g/mol. The number of aliphatic hydroxyl groups is 1. The van der Waals surface area contributed by atoms with E-state index in [-0.39, 0.29) is 12.4 Å². The highest BCUT2D eigenvalue weighted by Gasteiger charge is 2.31. The molecule has 2 aliphatic rings. The van der Waals surface area contributed by atoms with Crippen molar-refractivity contribution in [2.24, 2.45) is 11.8 Å². The Hall–Kier alpha value is -0.120. The fourth-order valence-electron chi connectivity index (χ4n) is 2.78. The van der Waals surface area contributed by atoms with Crippen LogP contribution >= 0.6 is 0 Å². The lowest BCUT2D eigenvalue weighted by atomic mass is 9.86. The fourth-order valence-corrected chi connectivity index (χ4v) is 2.78. The van der Waals surface area contributed by atoms with Gasteiger partial charge in [-0.05, 0) is 32.1 Å². The summed E-state index contributed by atoms with van der Waals surface area (Å²) >= 11 is 0. The van der Waals surface area contributed by atoms with Crippen LogP contribution in [-0.4, -0.2) is 30.7 Å². The number of hydrogen-bond donors (Lipinski definition) is 1. The zero-order chi connectivity index (χ0) is 11.4. The summed E-state index contributed by atoms with van der Waals surface area (Å²) < 4.78 is 11.6. The molecule has 1 saturated heterocycles. The van der Waals surface area contributed by atoms with Crippen molar-refractivity contribution >= 4 is 0 Å². The van der Waals surface area contributed by atoms with E-state index in [1.54, 1.807) is 0 Å². The second-order valence-corrected chi connectivity index (χ2v) is 5.26. The minimum Gasteiger partial charge on any atom is -0.393 e. The van der Waals surface area contributed by atoms with Crippen LogP contribution in [0.2, 0.25) is 0 Å². The maximum absolute atomic E-state index is 9.46. The van der Waals surface area contributed by atoms with Crippen molar-refractivity contribution in [2.45, 2.75) is 57.8 Å². The van der Waals surface area contributed by atoms with E-state index >= 15 is 0 Å². The average Bonchev–Trinajstić information content (AvgIpc) is 2.32. The van der Waals surface area contributed by atoms with Crippen molar-refractivity contribution in [2.75, 3.05) is 13.2 Å². The van der Waals surface area contributed by atoms with Crippen molar-refractivity contribution < 1.29 is 14.6 Å². The Bertz CT molecular complexity index is 191. The molecule has 1 heterocycles. The van der Waals surface area contributed by atoms with Gasteiger partial charge in [-0.2, -0.15) is 0 Å². The minimum absolute atomic E-state index is 0.000561. The Balaban J connectivity index is 1.72. The van der Waals surface area contributed by atoms with Gasteiger partial charge in [-0.15, -0.1) is 0 Å². The van der Waals surface area contributed by atoms with Gasteiger partial charge in [0.25, 0.3) is 0 Å². The highest BCUT2D eigenvalue weighted by molar-refractivity contribution is 4.76. The molecule has 2 fully saturated rings. The zero-order valence-electron chi connectivity index (χ0n) is 10.2. The molecule has 1 saturated carbocycles. The van der Waals surface area contributed by atoms with Crippen molar-refractivity contribution in [1.29, 1.82) is 0 Å². The molecule has 1 N–H and O–H groups in total. The summed E-state index contributed by atoms with van der Waals surface area (Å²) in [5, 5.41) is 9.46. The van der Waals surface area contributed by atoms with Crippen molar-refractivity contribution in [1.82, 2.24) is 0 Å². The molecule has 3 heteroatoms. The van der Waals surface area contributed by atoms with Gasteiger partial charge in [-0.3, -0.25) is 0 Å². The Morgan fingerprint density at radius 3 is 2.25 bits per heavy atom. The van der Waals surface area contributed by atoms with Crippen LogP contribution in [0.1, 0.15) is 45.4 Å². The molecule has 94 valence electrons. The number of rotatable bonds is 3. The molecule has 0 unspecified atom stereocenters. The molecule has 0 spiro atoms. The summed E-state index contributed by atoms with van der Waals surface area (Å²) in [6, 6.07) is 0. The van der Waals surface area contributed by atoms with E-state index in [4.69, 9.17) is 9.47 Å². The van der Waals surface area contributed by atoms with Crippen molar-refractivity contribution in [3.63, 3.8) is 0 Å². The van der Waals surface area contributed by atoms with E-state index in [2.05, 4.69) is 6.92 Å². The van der Waals surface area contributed by atoms with E-state index in [0.29, 0.717) is 11.8 Å². The van der Waals surface area contributed by atoms with Gasteiger partial charge < -0.3 is 14.6 Å². The lowest BCUT2D eigenvalue weighted by Crippen LogP contribution is -2.39. The lowest BCUT2D eigenvalue weighted by molar-refractivity contribution is -0.230. The first-order valence-electron chi connectivity index (χ1n) is 6.71. The molecule has 0 aromatic rings. The third-order valence-electron chi connectivity index (χ3n) is 3.82. The Morgan fingerprint density at radius 1 is 1.06 bits per heavy atom. The summed E-state index contributed by atoms with van der Waals surface area (Å²) in [6.07, 6.45) is 6.23. The quantitative estimate of drug-likeness (QED) is 0.805. The van der Waals surface area contributed by atoms with Gasteiger partial charge in [0.2, 0.25) is 0 Å².